The molecular formula is C26H43N5O3. The number of carbonyl (C=O) groups is 2. The van der Waals surface area contributed by atoms with Crippen molar-refractivity contribution in [3.8, 4) is 0 Å². The number of amides is 2. The number of piperidine rings is 1. The third-order valence-electron chi connectivity index (χ3n) is 6.95. The number of likely N-dealkylation sites (tertiary alicyclic amines) is 1. The summed E-state index contributed by atoms with van der Waals surface area (Å²) in [5.41, 5.74) is 1.14. The third kappa shape index (κ3) is 9.68. The van der Waals surface area contributed by atoms with Crippen LogP contribution in [0.15, 0.2) is 24.5 Å². The minimum absolute atomic E-state index is 0.0548. The average molecular weight is 474 g/mol. The van der Waals surface area contributed by atoms with E-state index in [4.69, 9.17) is 4.74 Å². The summed E-state index contributed by atoms with van der Waals surface area (Å²) in [5, 5.41) is 6.09. The van der Waals surface area contributed by atoms with Crippen LogP contribution in [0.3, 0.4) is 0 Å². The lowest BCUT2D eigenvalue weighted by Gasteiger charge is -2.30. The maximum absolute atomic E-state index is 12.8. The number of nitrogens with zero attached hydrogens (tertiary/aromatic N) is 3. The fraction of sp³-hybridized carbons (Fsp3) is 0.731. The smallest absolute Gasteiger partial charge is 0.223 e. The molecule has 2 aliphatic rings. The second kappa shape index (κ2) is 15.1. The van der Waals surface area contributed by atoms with Crippen molar-refractivity contribution in [2.75, 3.05) is 52.4 Å². The molecule has 1 aromatic heterocycles. The van der Waals surface area contributed by atoms with Crippen molar-refractivity contribution in [2.45, 2.75) is 64.5 Å². The van der Waals surface area contributed by atoms with Gasteiger partial charge in [0.15, 0.2) is 0 Å². The predicted octanol–water partition coefficient (Wildman–Crippen LogP) is 2.20. The number of ether oxygens (including phenoxy) is 1. The van der Waals surface area contributed by atoms with Gasteiger partial charge in [-0.3, -0.25) is 19.5 Å². The van der Waals surface area contributed by atoms with Crippen molar-refractivity contribution >= 4 is 11.8 Å². The summed E-state index contributed by atoms with van der Waals surface area (Å²) in [5.74, 6) is 0.0839. The summed E-state index contributed by atoms with van der Waals surface area (Å²) >= 11 is 0. The largest absolute Gasteiger partial charge is 0.378 e. The van der Waals surface area contributed by atoms with Gasteiger partial charge in [-0.15, -0.1) is 0 Å². The number of nitrogens with one attached hydrogen (secondary N) is 2. The molecule has 0 bridgehead atoms. The minimum Gasteiger partial charge on any atom is -0.378 e. The Morgan fingerprint density at radius 3 is 2.79 bits per heavy atom. The van der Waals surface area contributed by atoms with Crippen molar-refractivity contribution in [3.05, 3.63) is 30.1 Å². The van der Waals surface area contributed by atoms with Gasteiger partial charge in [0.05, 0.1) is 6.10 Å². The van der Waals surface area contributed by atoms with Gasteiger partial charge in [-0.25, -0.2) is 0 Å². The van der Waals surface area contributed by atoms with E-state index in [-0.39, 0.29) is 17.7 Å². The van der Waals surface area contributed by atoms with Crippen molar-refractivity contribution in [3.63, 3.8) is 0 Å². The lowest BCUT2D eigenvalue weighted by Crippen LogP contribution is -2.37. The first-order chi connectivity index (χ1) is 16.6. The highest BCUT2D eigenvalue weighted by molar-refractivity contribution is 5.79. The molecule has 3 heterocycles. The zero-order chi connectivity index (χ0) is 24.0. The van der Waals surface area contributed by atoms with Crippen molar-refractivity contribution in [2.24, 2.45) is 5.92 Å². The summed E-state index contributed by atoms with van der Waals surface area (Å²) in [6, 6.07) is 4.00. The highest BCUT2D eigenvalue weighted by Gasteiger charge is 2.21. The molecule has 2 amide bonds. The molecule has 8 heteroatoms. The van der Waals surface area contributed by atoms with Crippen LogP contribution in [0.5, 0.6) is 0 Å². The Kier molecular flexibility index (Phi) is 11.8. The molecule has 34 heavy (non-hydrogen) atoms. The Balaban J connectivity index is 1.37. The molecule has 2 N–H and O–H groups in total. The summed E-state index contributed by atoms with van der Waals surface area (Å²) in [6.07, 6.45) is 9.98. The van der Waals surface area contributed by atoms with Crippen LogP contribution in [-0.4, -0.2) is 85.1 Å². The summed E-state index contributed by atoms with van der Waals surface area (Å²) < 4.78 is 6.02. The molecule has 8 nitrogen and oxygen atoms in total. The van der Waals surface area contributed by atoms with E-state index in [1.807, 2.05) is 12.3 Å². The summed E-state index contributed by atoms with van der Waals surface area (Å²) in [4.78, 5) is 34.0. The van der Waals surface area contributed by atoms with Gasteiger partial charge in [0.25, 0.3) is 0 Å². The van der Waals surface area contributed by atoms with Crippen LogP contribution in [0.2, 0.25) is 0 Å². The molecule has 3 rings (SSSR count). The van der Waals surface area contributed by atoms with E-state index < -0.39 is 0 Å². The van der Waals surface area contributed by atoms with Crippen molar-refractivity contribution in [1.82, 2.24) is 25.4 Å². The maximum atomic E-state index is 12.8. The Labute approximate surface area is 204 Å². The Hall–Kier alpha value is -2.03. The molecular weight excluding hydrogens is 430 g/mol. The molecule has 0 spiro atoms. The molecule has 0 aliphatic carbocycles. The first-order valence-electron chi connectivity index (χ1n) is 13.1. The van der Waals surface area contributed by atoms with Crippen LogP contribution in [0.1, 0.15) is 57.4 Å². The van der Waals surface area contributed by atoms with Crippen LogP contribution in [-0.2, 0) is 20.9 Å². The molecule has 2 aliphatic heterocycles. The average Bonchev–Trinajstić information content (AvgIpc) is 2.90. The van der Waals surface area contributed by atoms with Gasteiger partial charge in [-0.05, 0) is 63.2 Å². The highest BCUT2D eigenvalue weighted by atomic mass is 16.5. The summed E-state index contributed by atoms with van der Waals surface area (Å²) in [7, 11) is 0. The Morgan fingerprint density at radius 1 is 1.18 bits per heavy atom. The van der Waals surface area contributed by atoms with E-state index in [9.17, 15) is 9.59 Å². The van der Waals surface area contributed by atoms with Gasteiger partial charge < -0.3 is 20.3 Å². The number of aromatic nitrogens is 1. The van der Waals surface area contributed by atoms with Gasteiger partial charge in [0, 0.05) is 70.6 Å². The van der Waals surface area contributed by atoms with Crippen molar-refractivity contribution in [1.29, 1.82) is 0 Å². The SMILES string of the molecule is CCN1CCC(OCCCNC(=O)C2CCCN(Cc3cccnc3)CCC(=O)NCC2)CC1. The molecule has 190 valence electrons. The standard InChI is InChI=1S/C26H43N5O3/c1-2-30-16-9-24(10-17-30)34-19-5-13-29-26(33)23-7-4-15-31(18-11-25(32)28-14-8-23)21-22-6-3-12-27-20-22/h3,6,12,20,23-24H,2,4-5,7-11,13-19,21H2,1H3,(H,28,32)(H,29,33). The normalized spacial score (nSPS) is 22.0. The van der Waals surface area contributed by atoms with Gasteiger partial charge >= 0.3 is 0 Å². The molecule has 0 aromatic carbocycles. The highest BCUT2D eigenvalue weighted by Crippen LogP contribution is 2.15. The van der Waals surface area contributed by atoms with Crippen molar-refractivity contribution < 1.29 is 14.3 Å². The van der Waals surface area contributed by atoms with E-state index in [2.05, 4.69) is 38.4 Å². The van der Waals surface area contributed by atoms with E-state index in [0.717, 1.165) is 76.9 Å². The van der Waals surface area contributed by atoms with E-state index in [0.29, 0.717) is 38.6 Å². The third-order valence-corrected chi connectivity index (χ3v) is 6.95. The van der Waals surface area contributed by atoms with Gasteiger partial charge in [-0.2, -0.15) is 0 Å². The molecule has 2 saturated heterocycles. The number of pyridine rings is 1. The van der Waals surface area contributed by atoms with E-state index in [1.165, 1.54) is 0 Å². The Bertz CT molecular complexity index is 724. The van der Waals surface area contributed by atoms with E-state index in [1.54, 1.807) is 6.20 Å². The first-order valence-corrected chi connectivity index (χ1v) is 13.1. The number of carbonyl (C=O) groups excluding carboxylic acids is 2. The van der Waals surface area contributed by atoms with Crippen LogP contribution in [0.25, 0.3) is 0 Å². The number of hydrogen-bond acceptors (Lipinski definition) is 6. The summed E-state index contributed by atoms with van der Waals surface area (Å²) in [6.45, 7) is 9.82. The number of rotatable bonds is 9. The van der Waals surface area contributed by atoms with Crippen LogP contribution >= 0.6 is 0 Å². The number of hydrogen-bond donors (Lipinski definition) is 2. The zero-order valence-corrected chi connectivity index (χ0v) is 20.8. The van der Waals surface area contributed by atoms with Gasteiger partial charge in [0.2, 0.25) is 11.8 Å². The monoisotopic (exact) mass is 473 g/mol. The van der Waals surface area contributed by atoms with Gasteiger partial charge in [-0.1, -0.05) is 13.0 Å². The zero-order valence-electron chi connectivity index (χ0n) is 20.8. The van der Waals surface area contributed by atoms with E-state index >= 15 is 0 Å². The fourth-order valence-corrected chi connectivity index (χ4v) is 4.79. The van der Waals surface area contributed by atoms with Gasteiger partial charge in [0.1, 0.15) is 0 Å². The minimum atomic E-state index is -0.0714. The molecule has 0 radical (unpaired) electrons. The lowest BCUT2D eigenvalue weighted by atomic mass is 9.98. The molecule has 0 saturated carbocycles. The molecule has 2 fully saturated rings. The molecule has 1 atom stereocenters. The second-order valence-electron chi connectivity index (χ2n) is 9.51. The lowest BCUT2D eigenvalue weighted by molar-refractivity contribution is -0.126. The van der Waals surface area contributed by atoms with Crippen LogP contribution in [0, 0.1) is 5.92 Å². The van der Waals surface area contributed by atoms with Crippen LogP contribution < -0.4 is 10.6 Å². The first kappa shape index (κ1) is 26.6. The molecule has 1 unspecified atom stereocenters. The van der Waals surface area contributed by atoms with Crippen LogP contribution in [0.4, 0.5) is 0 Å². The topological polar surface area (TPSA) is 86.8 Å². The fourth-order valence-electron chi connectivity index (χ4n) is 4.79. The quantitative estimate of drug-likeness (QED) is 0.535. The second-order valence-corrected chi connectivity index (χ2v) is 9.51. The maximum Gasteiger partial charge on any atom is 0.223 e. The Morgan fingerprint density at radius 2 is 2.03 bits per heavy atom. The molecule has 1 aromatic rings. The predicted molar refractivity (Wildman–Crippen MR) is 133 cm³/mol.